The lowest BCUT2D eigenvalue weighted by molar-refractivity contribution is 0.517. The van der Waals surface area contributed by atoms with E-state index in [1.54, 1.807) is 12.1 Å². The summed E-state index contributed by atoms with van der Waals surface area (Å²) in [6.07, 6.45) is 6.55. The highest BCUT2D eigenvalue weighted by atomic mass is 19.1. The molecule has 0 unspecified atom stereocenters. The molecule has 2 nitrogen and oxygen atoms in total. The smallest absolute Gasteiger partial charge is 0.148 e. The van der Waals surface area contributed by atoms with E-state index in [1.807, 2.05) is 0 Å². The zero-order valence-corrected chi connectivity index (χ0v) is 9.51. The standard InChI is InChI=1S/C13H19FN2/c14-12-9-11(15)5-6-13(12)16-8-7-10-3-1-2-4-10/h5-6,9-10,16H,1-4,7-8,15H2. The van der Waals surface area contributed by atoms with Crippen molar-refractivity contribution in [1.82, 2.24) is 0 Å². The zero-order chi connectivity index (χ0) is 11.4. The average Bonchev–Trinajstić information content (AvgIpc) is 2.74. The molecule has 0 spiro atoms. The summed E-state index contributed by atoms with van der Waals surface area (Å²) in [5.74, 6) is 0.579. The summed E-state index contributed by atoms with van der Waals surface area (Å²) in [5, 5.41) is 3.14. The van der Waals surface area contributed by atoms with E-state index in [2.05, 4.69) is 5.32 Å². The molecule has 1 fully saturated rings. The first kappa shape index (κ1) is 11.2. The van der Waals surface area contributed by atoms with E-state index in [9.17, 15) is 4.39 Å². The van der Waals surface area contributed by atoms with E-state index in [0.717, 1.165) is 18.9 Å². The molecule has 1 aromatic carbocycles. The highest BCUT2D eigenvalue weighted by molar-refractivity contribution is 5.52. The number of nitrogen functional groups attached to an aromatic ring is 1. The second kappa shape index (κ2) is 5.19. The summed E-state index contributed by atoms with van der Waals surface area (Å²) >= 11 is 0. The van der Waals surface area contributed by atoms with E-state index in [-0.39, 0.29) is 5.82 Å². The molecule has 0 atom stereocenters. The van der Waals surface area contributed by atoms with Crippen LogP contribution in [0.2, 0.25) is 0 Å². The van der Waals surface area contributed by atoms with Crippen molar-refractivity contribution in [2.75, 3.05) is 17.6 Å². The fourth-order valence-corrected chi connectivity index (χ4v) is 2.38. The van der Waals surface area contributed by atoms with Crippen LogP contribution in [0.4, 0.5) is 15.8 Å². The monoisotopic (exact) mass is 222 g/mol. The maximum atomic E-state index is 13.4. The highest BCUT2D eigenvalue weighted by Gasteiger charge is 2.14. The summed E-state index contributed by atoms with van der Waals surface area (Å²) in [5.41, 5.74) is 6.52. The predicted molar refractivity (Wildman–Crippen MR) is 65.9 cm³/mol. The number of nitrogens with one attached hydrogen (secondary N) is 1. The van der Waals surface area contributed by atoms with Crippen molar-refractivity contribution in [3.8, 4) is 0 Å². The Labute approximate surface area is 96.0 Å². The molecule has 88 valence electrons. The van der Waals surface area contributed by atoms with Gasteiger partial charge in [-0.05, 0) is 30.5 Å². The van der Waals surface area contributed by atoms with Crippen molar-refractivity contribution in [3.63, 3.8) is 0 Å². The fourth-order valence-electron chi connectivity index (χ4n) is 2.38. The number of anilines is 2. The Morgan fingerprint density at radius 1 is 1.31 bits per heavy atom. The van der Waals surface area contributed by atoms with E-state index < -0.39 is 0 Å². The van der Waals surface area contributed by atoms with Crippen molar-refractivity contribution in [2.45, 2.75) is 32.1 Å². The Kier molecular flexibility index (Phi) is 3.65. The van der Waals surface area contributed by atoms with E-state index in [0.29, 0.717) is 11.4 Å². The third-order valence-electron chi connectivity index (χ3n) is 3.34. The van der Waals surface area contributed by atoms with Crippen LogP contribution in [-0.2, 0) is 0 Å². The van der Waals surface area contributed by atoms with Gasteiger partial charge in [0.2, 0.25) is 0 Å². The van der Waals surface area contributed by atoms with Gasteiger partial charge in [-0.2, -0.15) is 0 Å². The molecule has 16 heavy (non-hydrogen) atoms. The van der Waals surface area contributed by atoms with Crippen LogP contribution >= 0.6 is 0 Å². The average molecular weight is 222 g/mol. The van der Waals surface area contributed by atoms with Gasteiger partial charge in [0.15, 0.2) is 0 Å². The van der Waals surface area contributed by atoms with Crippen molar-refractivity contribution < 1.29 is 4.39 Å². The first-order chi connectivity index (χ1) is 7.75. The number of hydrogen-bond acceptors (Lipinski definition) is 2. The third-order valence-corrected chi connectivity index (χ3v) is 3.34. The summed E-state index contributed by atoms with van der Waals surface area (Å²) in [6, 6.07) is 4.79. The Bertz CT molecular complexity index is 346. The summed E-state index contributed by atoms with van der Waals surface area (Å²) in [4.78, 5) is 0. The molecule has 0 radical (unpaired) electrons. The molecule has 0 bridgehead atoms. The molecule has 1 aliphatic rings. The minimum Gasteiger partial charge on any atom is -0.399 e. The van der Waals surface area contributed by atoms with Gasteiger partial charge >= 0.3 is 0 Å². The maximum absolute atomic E-state index is 13.4. The summed E-state index contributed by atoms with van der Waals surface area (Å²) in [7, 11) is 0. The Morgan fingerprint density at radius 2 is 2.06 bits per heavy atom. The van der Waals surface area contributed by atoms with E-state index >= 15 is 0 Å². The number of rotatable bonds is 4. The Morgan fingerprint density at radius 3 is 2.75 bits per heavy atom. The lowest BCUT2D eigenvalue weighted by Crippen LogP contribution is -2.07. The van der Waals surface area contributed by atoms with E-state index in [4.69, 9.17) is 5.73 Å². The van der Waals surface area contributed by atoms with Gasteiger partial charge in [-0.3, -0.25) is 0 Å². The zero-order valence-electron chi connectivity index (χ0n) is 9.51. The Balaban J connectivity index is 1.80. The molecule has 1 saturated carbocycles. The second-order valence-electron chi connectivity index (χ2n) is 4.61. The maximum Gasteiger partial charge on any atom is 0.148 e. The van der Waals surface area contributed by atoms with Crippen molar-refractivity contribution in [2.24, 2.45) is 5.92 Å². The molecule has 0 heterocycles. The molecule has 1 aliphatic carbocycles. The van der Waals surface area contributed by atoms with Gasteiger partial charge in [0.1, 0.15) is 5.82 Å². The number of halogens is 1. The third kappa shape index (κ3) is 2.87. The van der Waals surface area contributed by atoms with E-state index in [1.165, 1.54) is 31.7 Å². The normalized spacial score (nSPS) is 16.6. The van der Waals surface area contributed by atoms with Gasteiger partial charge in [-0.1, -0.05) is 25.7 Å². The van der Waals surface area contributed by atoms with Crippen molar-refractivity contribution in [1.29, 1.82) is 0 Å². The van der Waals surface area contributed by atoms with Gasteiger partial charge in [-0.25, -0.2) is 4.39 Å². The first-order valence-electron chi connectivity index (χ1n) is 6.04. The van der Waals surface area contributed by atoms with Crippen LogP contribution in [0.5, 0.6) is 0 Å². The van der Waals surface area contributed by atoms with Gasteiger partial charge in [0.25, 0.3) is 0 Å². The van der Waals surface area contributed by atoms with Crippen LogP contribution in [0.15, 0.2) is 18.2 Å². The van der Waals surface area contributed by atoms with Crippen LogP contribution in [0.3, 0.4) is 0 Å². The molecule has 2 rings (SSSR count). The first-order valence-corrected chi connectivity index (χ1v) is 6.04. The van der Waals surface area contributed by atoms with Crippen LogP contribution < -0.4 is 11.1 Å². The number of nitrogens with two attached hydrogens (primary N) is 1. The molecule has 1 aromatic rings. The Hall–Kier alpha value is -1.25. The number of benzene rings is 1. The largest absolute Gasteiger partial charge is 0.399 e. The molecular formula is C13H19FN2. The summed E-state index contributed by atoms with van der Waals surface area (Å²) in [6.45, 7) is 0.853. The molecule has 0 aliphatic heterocycles. The second-order valence-corrected chi connectivity index (χ2v) is 4.61. The lowest BCUT2D eigenvalue weighted by Gasteiger charge is -2.11. The predicted octanol–water partition coefficient (Wildman–Crippen LogP) is 3.40. The van der Waals surface area contributed by atoms with Crippen molar-refractivity contribution in [3.05, 3.63) is 24.0 Å². The lowest BCUT2D eigenvalue weighted by atomic mass is 10.0. The van der Waals surface area contributed by atoms with Crippen LogP contribution in [0.25, 0.3) is 0 Å². The van der Waals surface area contributed by atoms with Gasteiger partial charge < -0.3 is 11.1 Å². The van der Waals surface area contributed by atoms with Gasteiger partial charge in [0.05, 0.1) is 5.69 Å². The topological polar surface area (TPSA) is 38.0 Å². The minimum atomic E-state index is -0.258. The van der Waals surface area contributed by atoms with Gasteiger partial charge in [-0.15, -0.1) is 0 Å². The molecule has 0 aromatic heterocycles. The van der Waals surface area contributed by atoms with Crippen LogP contribution in [0.1, 0.15) is 32.1 Å². The van der Waals surface area contributed by atoms with Crippen LogP contribution in [-0.4, -0.2) is 6.54 Å². The highest BCUT2D eigenvalue weighted by Crippen LogP contribution is 2.27. The summed E-state index contributed by atoms with van der Waals surface area (Å²) < 4.78 is 13.4. The SMILES string of the molecule is Nc1ccc(NCCC2CCCC2)c(F)c1. The van der Waals surface area contributed by atoms with Gasteiger partial charge in [0, 0.05) is 12.2 Å². The van der Waals surface area contributed by atoms with Crippen LogP contribution in [0, 0.1) is 11.7 Å². The van der Waals surface area contributed by atoms with Crippen molar-refractivity contribution >= 4 is 11.4 Å². The quantitative estimate of drug-likeness (QED) is 0.766. The molecule has 3 N–H and O–H groups in total. The molecule has 0 saturated heterocycles. The molecular weight excluding hydrogens is 203 g/mol. The fraction of sp³-hybridized carbons (Fsp3) is 0.538. The number of hydrogen-bond donors (Lipinski definition) is 2. The minimum absolute atomic E-state index is 0.258. The molecule has 0 amide bonds. The molecule has 3 heteroatoms.